The minimum atomic E-state index is -4.50. The number of sulfonamides is 1. The highest BCUT2D eigenvalue weighted by atomic mass is 32.2. The summed E-state index contributed by atoms with van der Waals surface area (Å²) in [5.74, 6) is -0.0842. The maximum atomic E-state index is 14.0. The van der Waals surface area contributed by atoms with Gasteiger partial charge in [-0.15, -0.1) is 0 Å². The summed E-state index contributed by atoms with van der Waals surface area (Å²) >= 11 is 0. The zero-order valence-corrected chi connectivity index (χ0v) is 25.8. The lowest BCUT2D eigenvalue weighted by Crippen LogP contribution is -2.52. The van der Waals surface area contributed by atoms with E-state index in [0.29, 0.717) is 17.1 Å². The molecule has 43 heavy (non-hydrogen) atoms. The van der Waals surface area contributed by atoms with Crippen LogP contribution in [0.25, 0.3) is 0 Å². The first-order valence-corrected chi connectivity index (χ1v) is 14.9. The fourth-order valence-corrected chi connectivity index (χ4v) is 5.74. The van der Waals surface area contributed by atoms with Crippen LogP contribution in [0.3, 0.4) is 0 Å². The van der Waals surface area contributed by atoms with Crippen LogP contribution in [0.15, 0.2) is 71.6 Å². The fourth-order valence-electron chi connectivity index (χ4n) is 4.31. The van der Waals surface area contributed by atoms with Gasteiger partial charge in [0, 0.05) is 24.2 Å². The van der Waals surface area contributed by atoms with Gasteiger partial charge in [0.05, 0.1) is 29.7 Å². The molecule has 3 aromatic carbocycles. The first kappa shape index (κ1) is 32.9. The molecule has 0 saturated heterocycles. The normalized spacial score (nSPS) is 11.9. The third-order valence-corrected chi connectivity index (χ3v) is 8.46. The maximum absolute atomic E-state index is 14.0. The lowest BCUT2D eigenvalue weighted by atomic mass is 10.1. The Hall–Kier alpha value is -4.65. The number of benzene rings is 3. The van der Waals surface area contributed by atoms with Gasteiger partial charge in [0.2, 0.25) is 11.8 Å². The van der Waals surface area contributed by atoms with Crippen LogP contribution in [-0.2, 0) is 26.2 Å². The highest BCUT2D eigenvalue weighted by molar-refractivity contribution is 7.92. The molecule has 12 nitrogen and oxygen atoms in total. The first-order valence-electron chi connectivity index (χ1n) is 13.4. The summed E-state index contributed by atoms with van der Waals surface area (Å²) in [6.45, 7) is 5.93. The number of nitro groups is 1. The topological polar surface area (TPSA) is 148 Å². The molecular weight excluding hydrogens is 576 g/mol. The molecule has 1 N–H and O–H groups in total. The van der Waals surface area contributed by atoms with E-state index in [2.05, 4.69) is 5.32 Å². The number of hydrogen-bond acceptors (Lipinski definition) is 8. The van der Waals surface area contributed by atoms with Gasteiger partial charge in [0.1, 0.15) is 24.1 Å². The number of nitro benzene ring substituents is 1. The Morgan fingerprint density at radius 3 is 2.19 bits per heavy atom. The highest BCUT2D eigenvalue weighted by Crippen LogP contribution is 2.29. The fraction of sp³-hybridized carbons (Fsp3) is 0.333. The molecule has 0 bridgehead atoms. The Morgan fingerprint density at radius 1 is 0.953 bits per heavy atom. The van der Waals surface area contributed by atoms with E-state index in [1.807, 2.05) is 0 Å². The number of amides is 2. The standard InChI is InChI=1S/C30H36N4O8S/c1-20(2)31-30(36)22(4)32(18-23-8-7-9-26(16-23)42-6)29(35)19-33(24-11-13-25(41-5)14-12-24)43(39,40)27-15-10-21(3)28(17-27)34(37)38/h7-17,20,22H,18-19H2,1-6H3,(H,31,36)/t22-/m0/s1. The second kappa shape index (κ2) is 14.0. The number of nitrogens with zero attached hydrogens (tertiary/aromatic N) is 3. The average Bonchev–Trinajstić information content (AvgIpc) is 2.97. The van der Waals surface area contributed by atoms with Crippen molar-refractivity contribution in [3.63, 3.8) is 0 Å². The number of carbonyl (C=O) groups is 2. The molecule has 0 radical (unpaired) electrons. The quantitative estimate of drug-likeness (QED) is 0.224. The summed E-state index contributed by atoms with van der Waals surface area (Å²) in [5, 5.41) is 14.4. The average molecular weight is 613 g/mol. The Morgan fingerprint density at radius 2 is 1.60 bits per heavy atom. The van der Waals surface area contributed by atoms with Gasteiger partial charge in [0.25, 0.3) is 15.7 Å². The SMILES string of the molecule is COc1ccc(N(CC(=O)N(Cc2cccc(OC)c2)[C@@H](C)C(=O)NC(C)C)S(=O)(=O)c2ccc(C)c([N+](=O)[O-])c2)cc1. The Balaban J connectivity index is 2.10. The maximum Gasteiger partial charge on any atom is 0.273 e. The summed E-state index contributed by atoms with van der Waals surface area (Å²) < 4.78 is 39.4. The predicted octanol–water partition coefficient (Wildman–Crippen LogP) is 4.06. The zero-order valence-electron chi connectivity index (χ0n) is 24.9. The van der Waals surface area contributed by atoms with E-state index < -0.39 is 39.3 Å². The van der Waals surface area contributed by atoms with Crippen molar-refractivity contribution < 1.29 is 32.4 Å². The van der Waals surface area contributed by atoms with E-state index in [1.165, 1.54) is 62.4 Å². The van der Waals surface area contributed by atoms with Gasteiger partial charge in [-0.25, -0.2) is 8.42 Å². The van der Waals surface area contributed by atoms with Gasteiger partial charge < -0.3 is 19.7 Å². The largest absolute Gasteiger partial charge is 0.497 e. The highest BCUT2D eigenvalue weighted by Gasteiger charge is 2.33. The molecule has 0 aliphatic heterocycles. The van der Waals surface area contributed by atoms with Crippen molar-refractivity contribution in [1.29, 1.82) is 0 Å². The number of hydrogen-bond donors (Lipinski definition) is 1. The van der Waals surface area contributed by atoms with Gasteiger partial charge in [-0.1, -0.05) is 18.2 Å². The van der Waals surface area contributed by atoms with E-state index >= 15 is 0 Å². The van der Waals surface area contributed by atoms with Crippen LogP contribution in [0, 0.1) is 17.0 Å². The van der Waals surface area contributed by atoms with Crippen LogP contribution in [0.5, 0.6) is 11.5 Å². The van der Waals surface area contributed by atoms with Crippen LogP contribution in [0.4, 0.5) is 11.4 Å². The second-order valence-corrected chi connectivity index (χ2v) is 12.0. The lowest BCUT2D eigenvalue weighted by Gasteiger charge is -2.32. The van der Waals surface area contributed by atoms with Crippen LogP contribution in [0.2, 0.25) is 0 Å². The van der Waals surface area contributed by atoms with Crippen molar-refractivity contribution in [2.45, 2.75) is 51.2 Å². The van der Waals surface area contributed by atoms with Crippen LogP contribution in [-0.4, -0.2) is 62.9 Å². The number of rotatable bonds is 13. The van der Waals surface area contributed by atoms with E-state index in [-0.39, 0.29) is 34.4 Å². The molecule has 0 aromatic heterocycles. The van der Waals surface area contributed by atoms with Gasteiger partial charge in [-0.05, 0) is 75.7 Å². The molecule has 230 valence electrons. The summed E-state index contributed by atoms with van der Waals surface area (Å²) in [6, 6.07) is 15.4. The molecule has 13 heteroatoms. The van der Waals surface area contributed by atoms with E-state index in [4.69, 9.17) is 9.47 Å². The van der Waals surface area contributed by atoms with Gasteiger partial charge in [-0.2, -0.15) is 0 Å². The van der Waals surface area contributed by atoms with Crippen LogP contribution < -0.4 is 19.1 Å². The summed E-state index contributed by atoms with van der Waals surface area (Å²) in [7, 11) is -1.54. The molecule has 0 fully saturated rings. The van der Waals surface area contributed by atoms with Gasteiger partial charge >= 0.3 is 0 Å². The number of aryl methyl sites for hydroxylation is 1. The van der Waals surface area contributed by atoms with E-state index in [0.717, 1.165) is 10.4 Å². The van der Waals surface area contributed by atoms with Crippen molar-refractivity contribution in [2.24, 2.45) is 0 Å². The molecule has 3 aromatic rings. The molecule has 2 amide bonds. The molecule has 1 atom stereocenters. The Kier molecular flexibility index (Phi) is 10.7. The molecule has 0 aliphatic rings. The lowest BCUT2D eigenvalue weighted by molar-refractivity contribution is -0.385. The molecule has 0 heterocycles. The number of carbonyl (C=O) groups excluding carboxylic acids is 2. The van der Waals surface area contributed by atoms with Crippen molar-refractivity contribution in [3.05, 3.63) is 88.0 Å². The number of methoxy groups -OCH3 is 2. The second-order valence-electron chi connectivity index (χ2n) is 10.1. The van der Waals surface area contributed by atoms with Gasteiger partial charge in [-0.3, -0.25) is 24.0 Å². The van der Waals surface area contributed by atoms with Crippen molar-refractivity contribution in [2.75, 3.05) is 25.1 Å². The molecule has 0 unspecified atom stereocenters. The number of nitrogens with one attached hydrogen (secondary N) is 1. The summed E-state index contributed by atoms with van der Waals surface area (Å²) in [6.07, 6.45) is 0. The molecule has 0 saturated carbocycles. The van der Waals surface area contributed by atoms with Gasteiger partial charge in [0.15, 0.2) is 0 Å². The zero-order chi connectivity index (χ0) is 31.9. The van der Waals surface area contributed by atoms with Crippen molar-refractivity contribution in [3.8, 4) is 11.5 Å². The Bertz CT molecular complexity index is 1580. The van der Waals surface area contributed by atoms with E-state index in [1.54, 1.807) is 45.0 Å². The minimum Gasteiger partial charge on any atom is -0.497 e. The van der Waals surface area contributed by atoms with Crippen LogP contribution in [0.1, 0.15) is 31.9 Å². The summed E-state index contributed by atoms with van der Waals surface area (Å²) in [4.78, 5) is 38.9. The molecular formula is C30H36N4O8S. The molecule has 0 spiro atoms. The number of anilines is 1. The predicted molar refractivity (Wildman–Crippen MR) is 162 cm³/mol. The van der Waals surface area contributed by atoms with E-state index in [9.17, 15) is 28.1 Å². The van der Waals surface area contributed by atoms with Crippen molar-refractivity contribution >= 4 is 33.2 Å². The third-order valence-electron chi connectivity index (χ3n) is 6.69. The smallest absolute Gasteiger partial charge is 0.273 e. The summed E-state index contributed by atoms with van der Waals surface area (Å²) in [5.41, 5.74) is 0.689. The molecule has 0 aliphatic carbocycles. The molecule has 3 rings (SSSR count). The van der Waals surface area contributed by atoms with Crippen LogP contribution >= 0.6 is 0 Å². The minimum absolute atomic E-state index is 0.0186. The third kappa shape index (κ3) is 8.01. The monoisotopic (exact) mass is 612 g/mol. The number of ether oxygens (including phenoxy) is 2. The van der Waals surface area contributed by atoms with Crippen molar-refractivity contribution in [1.82, 2.24) is 10.2 Å². The first-order chi connectivity index (χ1) is 20.3. The Labute approximate surface area is 251 Å².